The third kappa shape index (κ3) is 3.78. The summed E-state index contributed by atoms with van der Waals surface area (Å²) in [4.78, 5) is 18.9. The minimum atomic E-state index is -3.51. The summed E-state index contributed by atoms with van der Waals surface area (Å²) in [5, 5.41) is 0.772. The first-order valence-corrected chi connectivity index (χ1v) is 11.4. The van der Waals surface area contributed by atoms with Crippen LogP contribution in [0.3, 0.4) is 0 Å². The second-order valence-electron chi connectivity index (χ2n) is 6.42. The van der Waals surface area contributed by atoms with Crippen molar-refractivity contribution in [1.29, 1.82) is 0 Å². The molecule has 9 heteroatoms. The minimum Gasteiger partial charge on any atom is -0.339 e. The molecule has 0 saturated carbocycles. The molecule has 1 amide bonds. The Labute approximate surface area is 168 Å². The van der Waals surface area contributed by atoms with Crippen LogP contribution in [0.15, 0.2) is 71.0 Å². The van der Waals surface area contributed by atoms with Crippen molar-refractivity contribution in [2.24, 2.45) is 0 Å². The zero-order chi connectivity index (χ0) is 19.6. The molecule has 0 bridgehead atoms. The highest BCUT2D eigenvalue weighted by atomic mass is 32.2. The number of fused-ring (bicyclic) bond motifs is 1. The summed E-state index contributed by atoms with van der Waals surface area (Å²) in [6.45, 7) is 1.40. The molecule has 1 fully saturated rings. The molecule has 0 radical (unpaired) electrons. The van der Waals surface area contributed by atoms with Crippen molar-refractivity contribution in [2.75, 3.05) is 31.9 Å². The Morgan fingerprint density at radius 2 is 1.71 bits per heavy atom. The van der Waals surface area contributed by atoms with Crippen molar-refractivity contribution < 1.29 is 13.2 Å². The van der Waals surface area contributed by atoms with Crippen LogP contribution in [0.5, 0.6) is 0 Å². The lowest BCUT2D eigenvalue weighted by Crippen LogP contribution is -2.50. The fraction of sp³-hybridized carbons (Fsp3) is 0.263. The van der Waals surface area contributed by atoms with Crippen molar-refractivity contribution in [3.05, 3.63) is 60.9 Å². The van der Waals surface area contributed by atoms with E-state index in [0.717, 1.165) is 10.7 Å². The highest BCUT2D eigenvalue weighted by Gasteiger charge is 2.30. The average molecular weight is 417 g/mol. The smallest absolute Gasteiger partial charge is 0.243 e. The van der Waals surface area contributed by atoms with Crippen molar-refractivity contribution in [1.82, 2.24) is 18.6 Å². The summed E-state index contributed by atoms with van der Waals surface area (Å²) in [5.41, 5.74) is 0.984. The van der Waals surface area contributed by atoms with Crippen molar-refractivity contribution in [3.63, 3.8) is 0 Å². The molecule has 3 aromatic rings. The maximum Gasteiger partial charge on any atom is 0.243 e. The molecule has 28 heavy (non-hydrogen) atoms. The van der Waals surface area contributed by atoms with E-state index in [2.05, 4.69) is 4.98 Å². The molecule has 0 aliphatic carbocycles. The highest BCUT2D eigenvalue weighted by molar-refractivity contribution is 7.99. The standard InChI is InChI=1S/C19H20N4O3S2/c24-18(15-27-19-20-14-16-6-4-5-9-23(16)19)21-10-12-22(13-11-21)28(25,26)17-7-2-1-3-8-17/h1-9,14H,10-13,15H2. The van der Waals surface area contributed by atoms with E-state index in [0.29, 0.717) is 26.2 Å². The Hall–Kier alpha value is -2.36. The topological polar surface area (TPSA) is 75.0 Å². The average Bonchev–Trinajstić information content (AvgIpc) is 3.16. The van der Waals surface area contributed by atoms with Crippen molar-refractivity contribution >= 4 is 33.2 Å². The van der Waals surface area contributed by atoms with Crippen LogP contribution in [0, 0.1) is 0 Å². The van der Waals surface area contributed by atoms with Gasteiger partial charge < -0.3 is 4.90 Å². The number of carbonyl (C=O) groups is 1. The van der Waals surface area contributed by atoms with Crippen LogP contribution in [0.2, 0.25) is 0 Å². The number of pyridine rings is 1. The summed E-state index contributed by atoms with van der Waals surface area (Å²) in [6, 6.07) is 14.2. The first-order valence-electron chi connectivity index (χ1n) is 8.93. The monoisotopic (exact) mass is 416 g/mol. The molecular weight excluding hydrogens is 396 g/mol. The van der Waals surface area contributed by atoms with Crippen LogP contribution in [0.25, 0.3) is 5.52 Å². The normalized spacial score (nSPS) is 15.8. The highest BCUT2D eigenvalue weighted by Crippen LogP contribution is 2.20. The van der Waals surface area contributed by atoms with Gasteiger partial charge in [-0.05, 0) is 24.3 Å². The molecule has 0 unspecified atom stereocenters. The lowest BCUT2D eigenvalue weighted by atomic mass is 10.3. The van der Waals surface area contributed by atoms with Gasteiger partial charge in [0.2, 0.25) is 15.9 Å². The van der Waals surface area contributed by atoms with Crippen LogP contribution in [-0.2, 0) is 14.8 Å². The predicted octanol–water partition coefficient (Wildman–Crippen LogP) is 1.96. The maximum absolute atomic E-state index is 12.7. The fourth-order valence-electron chi connectivity index (χ4n) is 3.16. The number of aromatic nitrogens is 2. The lowest BCUT2D eigenvalue weighted by Gasteiger charge is -2.34. The molecule has 3 heterocycles. The van der Waals surface area contributed by atoms with Crippen LogP contribution in [0.4, 0.5) is 0 Å². The third-order valence-corrected chi connectivity index (χ3v) is 7.57. The van der Waals surface area contributed by atoms with Gasteiger partial charge in [-0.3, -0.25) is 9.20 Å². The Morgan fingerprint density at radius 1 is 1.00 bits per heavy atom. The second-order valence-corrected chi connectivity index (χ2v) is 9.30. The van der Waals surface area contributed by atoms with Crippen molar-refractivity contribution in [3.8, 4) is 0 Å². The molecule has 4 rings (SSSR count). The van der Waals surface area contributed by atoms with Crippen LogP contribution < -0.4 is 0 Å². The van der Waals surface area contributed by atoms with Gasteiger partial charge >= 0.3 is 0 Å². The van der Waals surface area contributed by atoms with Crippen LogP contribution in [0.1, 0.15) is 0 Å². The van der Waals surface area contributed by atoms with E-state index < -0.39 is 10.0 Å². The number of nitrogens with zero attached hydrogens (tertiary/aromatic N) is 4. The number of thioether (sulfide) groups is 1. The number of carbonyl (C=O) groups excluding carboxylic acids is 1. The number of piperazine rings is 1. The molecule has 1 saturated heterocycles. The largest absolute Gasteiger partial charge is 0.339 e. The molecule has 1 aliphatic rings. The molecule has 0 N–H and O–H groups in total. The van der Waals surface area contributed by atoms with Gasteiger partial charge in [0.15, 0.2) is 5.16 Å². The van der Waals surface area contributed by atoms with Gasteiger partial charge in [0.05, 0.1) is 22.4 Å². The van der Waals surface area contributed by atoms with Gasteiger partial charge in [0.1, 0.15) is 0 Å². The van der Waals surface area contributed by atoms with Gasteiger partial charge in [0.25, 0.3) is 0 Å². The fourth-order valence-corrected chi connectivity index (χ4v) is 5.47. The SMILES string of the molecule is O=C(CSc1ncc2ccccn12)N1CCN(S(=O)(=O)c2ccccc2)CC1. The van der Waals surface area contributed by atoms with E-state index in [-0.39, 0.29) is 16.6 Å². The number of hydrogen-bond donors (Lipinski definition) is 0. The predicted molar refractivity (Wildman–Crippen MR) is 108 cm³/mol. The Kier molecular flexibility index (Phi) is 5.38. The van der Waals surface area contributed by atoms with E-state index in [1.54, 1.807) is 41.4 Å². The summed E-state index contributed by atoms with van der Waals surface area (Å²) < 4.78 is 28.7. The Morgan fingerprint density at radius 3 is 2.46 bits per heavy atom. The van der Waals surface area contributed by atoms with E-state index in [9.17, 15) is 13.2 Å². The number of imidazole rings is 1. The second kappa shape index (κ2) is 7.94. The van der Waals surface area contributed by atoms with Gasteiger partial charge in [-0.25, -0.2) is 13.4 Å². The molecule has 146 valence electrons. The zero-order valence-corrected chi connectivity index (χ0v) is 16.8. The maximum atomic E-state index is 12.7. The lowest BCUT2D eigenvalue weighted by molar-refractivity contribution is -0.129. The van der Waals surface area contributed by atoms with Gasteiger partial charge in [-0.1, -0.05) is 36.0 Å². The summed E-state index contributed by atoms with van der Waals surface area (Å²) >= 11 is 1.39. The molecule has 0 spiro atoms. The van der Waals surface area contributed by atoms with Gasteiger partial charge in [-0.2, -0.15) is 4.31 Å². The molecule has 1 aromatic carbocycles. The van der Waals surface area contributed by atoms with E-state index in [1.807, 2.05) is 28.8 Å². The summed E-state index contributed by atoms with van der Waals surface area (Å²) in [6.07, 6.45) is 3.70. The number of sulfonamides is 1. The number of amides is 1. The first-order chi connectivity index (χ1) is 13.6. The Balaban J connectivity index is 1.34. The number of rotatable bonds is 5. The first kappa shape index (κ1) is 19.0. The summed E-state index contributed by atoms with van der Waals surface area (Å²) in [5.74, 6) is 0.272. The molecule has 1 aliphatic heterocycles. The minimum absolute atomic E-state index is 0.00515. The van der Waals surface area contributed by atoms with Crippen LogP contribution in [-0.4, -0.2) is 64.8 Å². The Bertz CT molecular complexity index is 1070. The quantitative estimate of drug-likeness (QED) is 0.595. The van der Waals surface area contributed by atoms with E-state index in [1.165, 1.54) is 16.1 Å². The molecular formula is C19H20N4O3S2. The van der Waals surface area contributed by atoms with E-state index in [4.69, 9.17) is 0 Å². The molecule has 7 nitrogen and oxygen atoms in total. The third-order valence-electron chi connectivity index (χ3n) is 4.70. The molecule has 2 aromatic heterocycles. The van der Waals surface area contributed by atoms with Crippen LogP contribution >= 0.6 is 11.8 Å². The van der Waals surface area contributed by atoms with Gasteiger partial charge in [0, 0.05) is 32.4 Å². The van der Waals surface area contributed by atoms with E-state index >= 15 is 0 Å². The number of benzene rings is 1. The zero-order valence-electron chi connectivity index (χ0n) is 15.1. The summed E-state index contributed by atoms with van der Waals surface area (Å²) in [7, 11) is -3.51. The van der Waals surface area contributed by atoms with Crippen molar-refractivity contribution in [2.45, 2.75) is 10.1 Å². The molecule has 0 atom stereocenters. The van der Waals surface area contributed by atoms with Gasteiger partial charge in [-0.15, -0.1) is 0 Å². The number of hydrogen-bond acceptors (Lipinski definition) is 5.